The van der Waals surface area contributed by atoms with Gasteiger partial charge in [-0.15, -0.1) is 5.10 Å². The third-order valence-corrected chi connectivity index (χ3v) is 2.89. The Morgan fingerprint density at radius 3 is 2.45 bits per heavy atom. The van der Waals surface area contributed by atoms with E-state index in [4.69, 9.17) is 12.2 Å². The summed E-state index contributed by atoms with van der Waals surface area (Å²) < 4.78 is 38.6. The Morgan fingerprint density at radius 2 is 1.90 bits per heavy atom. The molecule has 8 heteroatoms. The van der Waals surface area contributed by atoms with E-state index < -0.39 is 12.0 Å². The second kappa shape index (κ2) is 5.20. The molecule has 0 aliphatic carbocycles. The number of nitrogens with one attached hydrogen (secondary N) is 1. The molecule has 0 saturated carbocycles. The molecule has 0 aliphatic heterocycles. The van der Waals surface area contributed by atoms with E-state index in [1.807, 2.05) is 19.1 Å². The minimum absolute atomic E-state index is 0.205. The van der Waals surface area contributed by atoms with Crippen molar-refractivity contribution in [2.24, 2.45) is 5.10 Å². The predicted octanol–water partition coefficient (Wildman–Crippen LogP) is 3.54. The summed E-state index contributed by atoms with van der Waals surface area (Å²) in [5.41, 5.74) is 2.18. The fourth-order valence-corrected chi connectivity index (χ4v) is 1.74. The molecule has 0 radical (unpaired) electrons. The highest BCUT2D eigenvalue weighted by molar-refractivity contribution is 7.71. The smallest absolute Gasteiger partial charge is 0.250 e. The van der Waals surface area contributed by atoms with Crippen molar-refractivity contribution in [1.82, 2.24) is 14.9 Å². The third kappa shape index (κ3) is 2.96. The molecular weight excluding hydrogens is 289 g/mol. The molecule has 106 valence electrons. The summed E-state index contributed by atoms with van der Waals surface area (Å²) in [6.07, 6.45) is -4.62. The van der Waals surface area contributed by atoms with Crippen molar-refractivity contribution >= 4 is 17.9 Å². The van der Waals surface area contributed by atoms with Crippen LogP contribution in [-0.4, -0.2) is 20.6 Å². The summed E-state index contributed by atoms with van der Waals surface area (Å²) in [6.45, 7) is 3.53. The lowest BCUT2D eigenvalue weighted by molar-refractivity contribution is -0.147. The number of aromatic amines is 1. The molecule has 2 aromatic rings. The lowest BCUT2D eigenvalue weighted by atomic mass is 10.1. The van der Waals surface area contributed by atoms with Gasteiger partial charge in [-0.25, -0.2) is 5.10 Å². The van der Waals surface area contributed by atoms with E-state index in [2.05, 4.69) is 15.3 Å². The highest BCUT2D eigenvalue weighted by Crippen LogP contribution is 2.27. The third-order valence-electron chi connectivity index (χ3n) is 2.62. The second-order valence-corrected chi connectivity index (χ2v) is 4.60. The van der Waals surface area contributed by atoms with E-state index in [0.29, 0.717) is 16.0 Å². The maximum Gasteiger partial charge on any atom is 0.453 e. The van der Waals surface area contributed by atoms with Crippen molar-refractivity contribution in [3.8, 4) is 0 Å². The average molecular weight is 300 g/mol. The number of nitrogens with zero attached hydrogens (tertiary/aromatic N) is 3. The minimum Gasteiger partial charge on any atom is -0.250 e. The number of aromatic nitrogens is 3. The highest BCUT2D eigenvalue weighted by atomic mass is 32.1. The summed E-state index contributed by atoms with van der Waals surface area (Å²) in [7, 11) is 0. The van der Waals surface area contributed by atoms with E-state index in [1.54, 1.807) is 19.1 Å². The molecule has 0 saturated heterocycles. The standard InChI is InChI=1S/C12H11F3N4S/c1-7-3-5-9(6-4-7)8(2)18-19-10(12(13,14)15)16-17-11(19)20/h3-6H,1-2H3,(H,17,20). The molecule has 1 aromatic heterocycles. The van der Waals surface area contributed by atoms with Gasteiger partial charge in [-0.2, -0.15) is 22.9 Å². The van der Waals surface area contributed by atoms with Crippen molar-refractivity contribution in [1.29, 1.82) is 0 Å². The molecule has 1 N–H and O–H groups in total. The maximum absolute atomic E-state index is 12.7. The van der Waals surface area contributed by atoms with Crippen LogP contribution < -0.4 is 0 Å². The Hall–Kier alpha value is -1.96. The fraction of sp³-hybridized carbons (Fsp3) is 0.250. The zero-order valence-electron chi connectivity index (χ0n) is 10.7. The first kappa shape index (κ1) is 14.4. The fourth-order valence-electron chi connectivity index (χ4n) is 1.57. The van der Waals surface area contributed by atoms with Gasteiger partial charge in [-0.3, -0.25) is 0 Å². The maximum atomic E-state index is 12.7. The van der Waals surface area contributed by atoms with Crippen LogP contribution in [0.4, 0.5) is 13.2 Å². The van der Waals surface area contributed by atoms with E-state index in [0.717, 1.165) is 5.56 Å². The van der Waals surface area contributed by atoms with E-state index in [1.165, 1.54) is 0 Å². The van der Waals surface area contributed by atoms with Crippen molar-refractivity contribution < 1.29 is 13.2 Å². The molecular formula is C12H11F3N4S. The minimum atomic E-state index is -4.62. The number of hydrogen-bond acceptors (Lipinski definition) is 3. The predicted molar refractivity (Wildman–Crippen MR) is 71.2 cm³/mol. The van der Waals surface area contributed by atoms with Crippen molar-refractivity contribution in [3.05, 3.63) is 46.0 Å². The van der Waals surface area contributed by atoms with Gasteiger partial charge in [0.15, 0.2) is 0 Å². The molecule has 1 heterocycles. The zero-order chi connectivity index (χ0) is 14.9. The lowest BCUT2D eigenvalue weighted by Crippen LogP contribution is -2.14. The van der Waals surface area contributed by atoms with Gasteiger partial charge in [-0.05, 0) is 31.6 Å². The van der Waals surface area contributed by atoms with E-state index >= 15 is 0 Å². The SMILES string of the molecule is CC(=Nn1c(C(F)(F)F)n[nH]c1=S)c1ccc(C)cc1. The summed E-state index contributed by atoms with van der Waals surface area (Å²) in [4.78, 5) is 0. The first-order valence-electron chi connectivity index (χ1n) is 5.66. The van der Waals surface area contributed by atoms with Crippen LogP contribution in [0.15, 0.2) is 29.4 Å². The van der Waals surface area contributed by atoms with Gasteiger partial charge < -0.3 is 0 Å². The molecule has 0 aliphatic rings. The molecule has 0 unspecified atom stereocenters. The van der Waals surface area contributed by atoms with Crippen LogP contribution in [0, 0.1) is 11.7 Å². The largest absolute Gasteiger partial charge is 0.453 e. The number of alkyl halides is 3. The Labute approximate surface area is 117 Å². The average Bonchev–Trinajstić information content (AvgIpc) is 2.71. The van der Waals surface area contributed by atoms with Crippen molar-refractivity contribution in [2.45, 2.75) is 20.0 Å². The normalized spacial score (nSPS) is 12.8. The Kier molecular flexibility index (Phi) is 3.76. The van der Waals surface area contributed by atoms with Gasteiger partial charge >= 0.3 is 6.18 Å². The number of hydrogen-bond donors (Lipinski definition) is 1. The van der Waals surface area contributed by atoms with Crippen LogP contribution in [-0.2, 0) is 6.18 Å². The molecule has 2 rings (SSSR count). The van der Waals surface area contributed by atoms with Crippen molar-refractivity contribution in [3.63, 3.8) is 0 Å². The summed E-state index contributed by atoms with van der Waals surface area (Å²) >= 11 is 4.77. The van der Waals surface area contributed by atoms with Crippen LogP contribution in [0.1, 0.15) is 23.9 Å². The quantitative estimate of drug-likeness (QED) is 0.681. The van der Waals surface area contributed by atoms with Crippen LogP contribution >= 0.6 is 12.2 Å². The molecule has 0 atom stereocenters. The number of H-pyrrole nitrogens is 1. The summed E-state index contributed by atoms with van der Waals surface area (Å²) in [6, 6.07) is 7.28. The van der Waals surface area contributed by atoms with Gasteiger partial charge in [-0.1, -0.05) is 29.8 Å². The topological polar surface area (TPSA) is 46.0 Å². The van der Waals surface area contributed by atoms with Crippen LogP contribution in [0.2, 0.25) is 0 Å². The van der Waals surface area contributed by atoms with E-state index in [9.17, 15) is 13.2 Å². The van der Waals surface area contributed by atoms with Crippen LogP contribution in [0.25, 0.3) is 0 Å². The zero-order valence-corrected chi connectivity index (χ0v) is 11.5. The Morgan fingerprint density at radius 1 is 1.30 bits per heavy atom. The summed E-state index contributed by atoms with van der Waals surface area (Å²) in [5.74, 6) is -1.17. The molecule has 20 heavy (non-hydrogen) atoms. The van der Waals surface area contributed by atoms with Gasteiger partial charge in [0.1, 0.15) is 0 Å². The monoisotopic (exact) mass is 300 g/mol. The molecule has 0 bridgehead atoms. The van der Waals surface area contributed by atoms with E-state index in [-0.39, 0.29) is 4.77 Å². The van der Waals surface area contributed by atoms with Gasteiger partial charge in [0, 0.05) is 0 Å². The first-order chi connectivity index (χ1) is 9.29. The Bertz CT molecular complexity index is 695. The number of halogens is 3. The number of benzene rings is 1. The van der Waals surface area contributed by atoms with Gasteiger partial charge in [0.25, 0.3) is 5.82 Å². The summed E-state index contributed by atoms with van der Waals surface area (Å²) in [5, 5.41) is 9.16. The van der Waals surface area contributed by atoms with Gasteiger partial charge in [0.2, 0.25) is 4.77 Å². The second-order valence-electron chi connectivity index (χ2n) is 4.21. The van der Waals surface area contributed by atoms with Crippen molar-refractivity contribution in [2.75, 3.05) is 0 Å². The molecule has 0 amide bonds. The Balaban J connectivity index is 2.48. The molecule has 4 nitrogen and oxygen atoms in total. The van der Waals surface area contributed by atoms with Crippen LogP contribution in [0.5, 0.6) is 0 Å². The highest BCUT2D eigenvalue weighted by Gasteiger charge is 2.37. The number of aryl methyl sites for hydroxylation is 1. The molecule has 0 spiro atoms. The van der Waals surface area contributed by atoms with Gasteiger partial charge in [0.05, 0.1) is 5.71 Å². The lowest BCUT2D eigenvalue weighted by Gasteiger charge is -2.06. The first-order valence-corrected chi connectivity index (χ1v) is 6.07. The number of rotatable bonds is 2. The van der Waals surface area contributed by atoms with Crippen LogP contribution in [0.3, 0.4) is 0 Å². The molecule has 1 aromatic carbocycles. The molecule has 0 fully saturated rings.